The lowest BCUT2D eigenvalue weighted by Gasteiger charge is -2.34. The Balaban J connectivity index is 1.39. The summed E-state index contributed by atoms with van der Waals surface area (Å²) in [6.45, 7) is 1.84. The van der Waals surface area contributed by atoms with Crippen LogP contribution in [0.2, 0.25) is 0 Å². The van der Waals surface area contributed by atoms with Crippen molar-refractivity contribution in [2.75, 3.05) is 26.2 Å². The van der Waals surface area contributed by atoms with Crippen molar-refractivity contribution in [3.63, 3.8) is 0 Å². The Morgan fingerprint density at radius 3 is 2.62 bits per heavy atom. The smallest absolute Gasteiger partial charge is 0.270 e. The second kappa shape index (κ2) is 6.54. The van der Waals surface area contributed by atoms with Crippen LogP contribution >= 0.6 is 0 Å². The lowest BCUT2D eigenvalue weighted by Crippen LogP contribution is -2.51. The van der Waals surface area contributed by atoms with Crippen LogP contribution in [-0.2, 0) is 11.3 Å². The largest absolute Gasteiger partial charge is 0.351 e. The zero-order chi connectivity index (χ0) is 18.1. The zero-order valence-corrected chi connectivity index (χ0v) is 13.8. The summed E-state index contributed by atoms with van der Waals surface area (Å²) in [7, 11) is 0. The average Bonchev–Trinajstić information content (AvgIpc) is 3.30. The summed E-state index contributed by atoms with van der Waals surface area (Å²) >= 11 is 0. The van der Waals surface area contributed by atoms with Crippen molar-refractivity contribution in [3.8, 4) is 0 Å². The molecule has 1 aliphatic rings. The molecule has 1 saturated heterocycles. The van der Waals surface area contributed by atoms with E-state index < -0.39 is 0 Å². The molecule has 2 aromatic heterocycles. The van der Waals surface area contributed by atoms with Crippen LogP contribution in [0.3, 0.4) is 0 Å². The summed E-state index contributed by atoms with van der Waals surface area (Å²) in [6, 6.07) is 5.99. The molecule has 1 fully saturated rings. The summed E-state index contributed by atoms with van der Waals surface area (Å²) in [4.78, 5) is 31.3. The first kappa shape index (κ1) is 16.2. The number of nitrogens with one attached hydrogen (secondary N) is 1. The number of nitrogens with zero attached hydrogens (tertiary/aromatic N) is 6. The molecule has 1 N–H and O–H groups in total. The van der Waals surface area contributed by atoms with E-state index >= 15 is 0 Å². The summed E-state index contributed by atoms with van der Waals surface area (Å²) < 4.78 is 14.7. The number of H-pyrrole nitrogens is 1. The maximum absolute atomic E-state index is 13.3. The number of aromatic amines is 1. The van der Waals surface area contributed by atoms with Gasteiger partial charge in [0.2, 0.25) is 5.91 Å². The molecule has 9 nitrogen and oxygen atoms in total. The number of rotatable bonds is 3. The van der Waals surface area contributed by atoms with Crippen LogP contribution in [0.25, 0.3) is 10.9 Å². The van der Waals surface area contributed by atoms with E-state index in [2.05, 4.69) is 20.5 Å². The molecule has 134 valence electrons. The maximum Gasteiger partial charge on any atom is 0.270 e. The minimum Gasteiger partial charge on any atom is -0.351 e. The van der Waals surface area contributed by atoms with Gasteiger partial charge in [0.15, 0.2) is 0 Å². The molecular weight excluding hydrogens is 341 g/mol. The summed E-state index contributed by atoms with van der Waals surface area (Å²) in [5.74, 6) is -0.593. The molecular formula is C16H16FN7O2. The van der Waals surface area contributed by atoms with Crippen molar-refractivity contribution in [1.29, 1.82) is 0 Å². The third-order valence-electron chi connectivity index (χ3n) is 4.42. The Morgan fingerprint density at radius 1 is 1.12 bits per heavy atom. The van der Waals surface area contributed by atoms with Gasteiger partial charge in [-0.3, -0.25) is 9.59 Å². The molecule has 10 heteroatoms. The van der Waals surface area contributed by atoms with Gasteiger partial charge in [0, 0.05) is 37.1 Å². The van der Waals surface area contributed by atoms with Crippen LogP contribution in [0.15, 0.2) is 30.6 Å². The zero-order valence-electron chi connectivity index (χ0n) is 13.8. The van der Waals surface area contributed by atoms with E-state index in [9.17, 15) is 14.0 Å². The standard InChI is InChI=1S/C16H16FN7O2/c17-12-1-2-13-11(7-12)8-14(19-13)16(26)23-5-3-22(4-6-23)15(25)9-24-10-18-20-21-24/h1-2,7-8,10,19H,3-6,9H2. The Hall–Kier alpha value is -3.30. The summed E-state index contributed by atoms with van der Waals surface area (Å²) in [6.07, 6.45) is 1.39. The SMILES string of the molecule is O=C(Cn1cnnn1)N1CCN(C(=O)c2cc3cc(F)ccc3[nH]2)CC1. The predicted molar refractivity (Wildman–Crippen MR) is 88.6 cm³/mol. The third-order valence-corrected chi connectivity index (χ3v) is 4.42. The number of hydrogen-bond acceptors (Lipinski definition) is 5. The number of tetrazole rings is 1. The normalized spacial score (nSPS) is 14.8. The van der Waals surface area contributed by atoms with E-state index in [0.29, 0.717) is 42.8 Å². The van der Waals surface area contributed by atoms with Crippen LogP contribution < -0.4 is 0 Å². The molecule has 0 atom stereocenters. The minimum atomic E-state index is -0.342. The van der Waals surface area contributed by atoms with Gasteiger partial charge in [-0.1, -0.05) is 0 Å². The number of benzene rings is 1. The maximum atomic E-state index is 13.3. The summed E-state index contributed by atoms with van der Waals surface area (Å²) in [5, 5.41) is 11.3. The Bertz CT molecular complexity index is 945. The lowest BCUT2D eigenvalue weighted by atomic mass is 10.2. The van der Waals surface area contributed by atoms with E-state index in [1.54, 1.807) is 21.9 Å². The molecule has 1 aromatic carbocycles. The lowest BCUT2D eigenvalue weighted by molar-refractivity contribution is -0.133. The predicted octanol–water partition coefficient (Wildman–Crippen LogP) is 0.278. The molecule has 0 radical (unpaired) electrons. The molecule has 0 spiro atoms. The van der Waals surface area contributed by atoms with Gasteiger partial charge in [-0.05, 0) is 34.7 Å². The fraction of sp³-hybridized carbons (Fsp3) is 0.312. The van der Waals surface area contributed by atoms with Crippen LogP contribution in [0.5, 0.6) is 0 Å². The molecule has 2 amide bonds. The molecule has 0 unspecified atom stereocenters. The summed E-state index contributed by atoms with van der Waals surface area (Å²) in [5.41, 5.74) is 1.13. The fourth-order valence-corrected chi connectivity index (χ4v) is 3.04. The van der Waals surface area contributed by atoms with Crippen molar-refractivity contribution in [2.45, 2.75) is 6.54 Å². The van der Waals surface area contributed by atoms with Crippen molar-refractivity contribution >= 4 is 22.7 Å². The number of piperazine rings is 1. The average molecular weight is 357 g/mol. The molecule has 0 bridgehead atoms. The molecule has 3 heterocycles. The monoisotopic (exact) mass is 357 g/mol. The van der Waals surface area contributed by atoms with Crippen LogP contribution in [0, 0.1) is 5.82 Å². The number of hydrogen-bond donors (Lipinski definition) is 1. The van der Waals surface area contributed by atoms with E-state index in [4.69, 9.17) is 0 Å². The molecule has 3 aromatic rings. The van der Waals surface area contributed by atoms with Crippen molar-refractivity contribution in [3.05, 3.63) is 42.1 Å². The van der Waals surface area contributed by atoms with E-state index in [0.717, 1.165) is 0 Å². The molecule has 4 rings (SSSR count). The van der Waals surface area contributed by atoms with Gasteiger partial charge in [-0.25, -0.2) is 9.07 Å². The van der Waals surface area contributed by atoms with Gasteiger partial charge in [-0.2, -0.15) is 0 Å². The first-order valence-corrected chi connectivity index (χ1v) is 8.16. The quantitative estimate of drug-likeness (QED) is 0.726. The first-order valence-electron chi connectivity index (χ1n) is 8.16. The highest BCUT2D eigenvalue weighted by Gasteiger charge is 2.26. The van der Waals surface area contributed by atoms with Crippen molar-refractivity contribution in [2.24, 2.45) is 0 Å². The van der Waals surface area contributed by atoms with Gasteiger partial charge >= 0.3 is 0 Å². The van der Waals surface area contributed by atoms with Crippen LogP contribution in [-0.4, -0.2) is 73.0 Å². The Kier molecular flexibility index (Phi) is 4.07. The molecule has 26 heavy (non-hydrogen) atoms. The molecule has 1 aliphatic heterocycles. The third kappa shape index (κ3) is 3.13. The molecule has 0 saturated carbocycles. The van der Waals surface area contributed by atoms with Gasteiger partial charge in [0.25, 0.3) is 5.91 Å². The Morgan fingerprint density at radius 2 is 1.88 bits per heavy atom. The molecule has 0 aliphatic carbocycles. The highest BCUT2D eigenvalue weighted by atomic mass is 19.1. The number of carbonyl (C=O) groups is 2. The number of halogens is 1. The topological polar surface area (TPSA) is 100 Å². The van der Waals surface area contributed by atoms with Gasteiger partial charge in [0.1, 0.15) is 24.4 Å². The van der Waals surface area contributed by atoms with E-state index in [1.165, 1.54) is 23.1 Å². The number of carbonyl (C=O) groups excluding carboxylic acids is 2. The second-order valence-electron chi connectivity index (χ2n) is 6.09. The number of fused-ring (bicyclic) bond motifs is 1. The first-order chi connectivity index (χ1) is 12.6. The van der Waals surface area contributed by atoms with Gasteiger partial charge in [-0.15, -0.1) is 5.10 Å². The van der Waals surface area contributed by atoms with Crippen LogP contribution in [0.4, 0.5) is 4.39 Å². The number of aromatic nitrogens is 5. The second-order valence-corrected chi connectivity index (χ2v) is 6.09. The Labute approximate surface area is 147 Å². The minimum absolute atomic E-state index is 0.0779. The van der Waals surface area contributed by atoms with E-state index in [1.807, 2.05) is 0 Å². The van der Waals surface area contributed by atoms with Crippen LogP contribution in [0.1, 0.15) is 10.5 Å². The van der Waals surface area contributed by atoms with Crippen molar-refractivity contribution in [1.82, 2.24) is 35.0 Å². The fourth-order valence-electron chi connectivity index (χ4n) is 3.04. The van der Waals surface area contributed by atoms with E-state index in [-0.39, 0.29) is 24.2 Å². The van der Waals surface area contributed by atoms with Gasteiger partial charge < -0.3 is 14.8 Å². The highest BCUT2D eigenvalue weighted by Crippen LogP contribution is 2.18. The number of amides is 2. The van der Waals surface area contributed by atoms with Gasteiger partial charge in [0.05, 0.1) is 0 Å². The van der Waals surface area contributed by atoms with Crippen molar-refractivity contribution < 1.29 is 14.0 Å². The highest BCUT2D eigenvalue weighted by molar-refractivity contribution is 5.98.